The van der Waals surface area contributed by atoms with Gasteiger partial charge in [-0.05, 0) is 6.92 Å². The summed E-state index contributed by atoms with van der Waals surface area (Å²) in [4.78, 5) is 0. The van der Waals surface area contributed by atoms with Crippen LogP contribution < -0.4 is 0 Å². The topological polar surface area (TPSA) is 37.1 Å². The first-order valence-electron chi connectivity index (χ1n) is 2.23. The van der Waals surface area contributed by atoms with E-state index >= 15 is 0 Å². The van der Waals surface area contributed by atoms with Crippen LogP contribution in [0.1, 0.15) is 6.92 Å². The minimum absolute atomic E-state index is 0.00810. The summed E-state index contributed by atoms with van der Waals surface area (Å²) in [5, 5.41) is 7.52. The molecule has 0 N–H and O–H groups in total. The molecule has 0 aromatic heterocycles. The lowest BCUT2D eigenvalue weighted by molar-refractivity contribution is 1.24. The maximum absolute atomic E-state index is 4.03. The Balaban J connectivity index is 2.69. The third-order valence-electron chi connectivity index (χ3n) is 0.646. The van der Waals surface area contributed by atoms with Crippen molar-refractivity contribution in [3.05, 3.63) is 0 Å². The van der Waals surface area contributed by atoms with Crippen LogP contribution in [0, 0.1) is 0 Å². The van der Waals surface area contributed by atoms with Gasteiger partial charge >= 0.3 is 0 Å². The summed E-state index contributed by atoms with van der Waals surface area (Å²) in [5.74, 6) is 0. The van der Waals surface area contributed by atoms with Crippen LogP contribution in [0.2, 0.25) is 0 Å². The third kappa shape index (κ3) is 1.77. The molecule has 0 amide bonds. The van der Waals surface area contributed by atoms with Crippen LogP contribution in [0.3, 0.4) is 0 Å². The van der Waals surface area contributed by atoms with Gasteiger partial charge in [-0.3, -0.25) is 0 Å². The molecule has 0 bridgehead atoms. The van der Waals surface area contributed by atoms with Crippen molar-refractivity contribution in [2.24, 2.45) is 13.3 Å². The highest BCUT2D eigenvalue weighted by Gasteiger charge is 1.88. The Morgan fingerprint density at radius 1 is 1.75 bits per heavy atom. The summed E-state index contributed by atoms with van der Waals surface area (Å²) in [5.41, 5.74) is 1.11. The molecule has 0 radical (unpaired) electrons. The van der Waals surface area contributed by atoms with Gasteiger partial charge in [-0.15, -0.1) is 5.10 Å². The predicted molar refractivity (Wildman–Crippen MR) is 42.9 cm³/mol. The van der Waals surface area contributed by atoms with E-state index < -0.39 is 0 Å². The van der Waals surface area contributed by atoms with Crippen molar-refractivity contribution in [3.8, 4) is 0 Å². The number of halogens is 1. The van der Waals surface area contributed by atoms with E-state index in [4.69, 9.17) is 0 Å². The molecule has 0 fully saturated rings. The molecular weight excluding hydrogens is 217 g/mol. The highest BCUT2D eigenvalue weighted by molar-refractivity contribution is 14.2. The van der Waals surface area contributed by atoms with Gasteiger partial charge in [-0.2, -0.15) is 5.10 Å². The van der Waals surface area contributed by atoms with Crippen LogP contribution in [0.4, 0.5) is 0 Å². The van der Waals surface area contributed by atoms with Crippen LogP contribution in [0.15, 0.2) is 13.3 Å². The zero-order valence-corrected chi connectivity index (χ0v) is 6.66. The fourth-order valence-corrected chi connectivity index (χ4v) is 1.45. The molecule has 4 heteroatoms. The van der Waals surface area contributed by atoms with Gasteiger partial charge < -0.3 is 0 Å². The van der Waals surface area contributed by atoms with Gasteiger partial charge in [0.1, 0.15) is 6.34 Å². The Labute approximate surface area is 58.1 Å². The summed E-state index contributed by atoms with van der Waals surface area (Å²) in [6.07, 6.45) is 1.55. The molecule has 0 aromatic carbocycles. The SMILES string of the molecule is CC1=NN=CN=IC1. The van der Waals surface area contributed by atoms with E-state index in [0.29, 0.717) is 0 Å². The summed E-state index contributed by atoms with van der Waals surface area (Å²) in [7, 11) is 0. The highest BCUT2D eigenvalue weighted by atomic mass is 127. The number of hydrogen-bond donors (Lipinski definition) is 0. The van der Waals surface area contributed by atoms with E-state index in [9.17, 15) is 0 Å². The van der Waals surface area contributed by atoms with Crippen molar-refractivity contribution < 1.29 is 0 Å². The largest absolute Gasteiger partial charge is 0.213 e. The molecule has 0 saturated heterocycles. The van der Waals surface area contributed by atoms with Crippen molar-refractivity contribution in [2.75, 3.05) is 4.43 Å². The second-order valence-corrected chi connectivity index (χ2v) is 3.42. The molecule has 0 spiro atoms. The Kier molecular flexibility index (Phi) is 2.26. The van der Waals surface area contributed by atoms with E-state index in [-0.39, 0.29) is 21.0 Å². The Hall–Kier alpha value is -0.130. The molecule has 1 aliphatic rings. The predicted octanol–water partition coefficient (Wildman–Crippen LogP) is 1.56. The molecule has 0 aromatic rings. The maximum Gasteiger partial charge on any atom is 0.143 e. The monoisotopic (exact) mass is 223 g/mol. The molecule has 0 atom stereocenters. The lowest BCUT2D eigenvalue weighted by atomic mass is 10.5. The van der Waals surface area contributed by atoms with Crippen LogP contribution >= 0.6 is 21.0 Å². The van der Waals surface area contributed by atoms with Crippen molar-refractivity contribution in [3.63, 3.8) is 0 Å². The average molecular weight is 223 g/mol. The molecule has 44 valence electrons. The van der Waals surface area contributed by atoms with Gasteiger partial charge in [0.05, 0.1) is 4.43 Å². The minimum Gasteiger partial charge on any atom is -0.213 e. The fraction of sp³-hybridized carbons (Fsp3) is 0.500. The van der Waals surface area contributed by atoms with Gasteiger partial charge in [0.2, 0.25) is 0 Å². The number of alkyl halides is 1. The Morgan fingerprint density at radius 2 is 2.62 bits per heavy atom. The first-order valence-corrected chi connectivity index (χ1v) is 4.72. The molecule has 1 rings (SSSR count). The second kappa shape index (κ2) is 3.01. The average Bonchev–Trinajstić information content (AvgIpc) is 1.94. The molecule has 0 unspecified atom stereocenters. The van der Waals surface area contributed by atoms with Crippen LogP contribution in [-0.4, -0.2) is 16.5 Å². The molecular formula is C4H6IN3. The van der Waals surface area contributed by atoms with E-state index in [1.165, 1.54) is 0 Å². The molecule has 8 heavy (non-hydrogen) atoms. The van der Waals surface area contributed by atoms with Crippen molar-refractivity contribution in [1.82, 2.24) is 0 Å². The third-order valence-corrected chi connectivity index (χ3v) is 2.73. The molecule has 0 saturated carbocycles. The van der Waals surface area contributed by atoms with Crippen LogP contribution in [0.5, 0.6) is 0 Å². The standard InChI is InChI=1S/C4H6IN3/c1-4-2-5-6-3-7-8-4/h3H,2H2,1H3. The Morgan fingerprint density at radius 3 is 3.50 bits per heavy atom. The van der Waals surface area contributed by atoms with Gasteiger partial charge in [-0.25, -0.2) is 3.15 Å². The summed E-state index contributed by atoms with van der Waals surface area (Å²) in [6.45, 7) is 1.98. The molecule has 3 nitrogen and oxygen atoms in total. The quantitative estimate of drug-likeness (QED) is 0.441. The van der Waals surface area contributed by atoms with Gasteiger partial charge in [0, 0.05) is 26.7 Å². The Bertz CT molecular complexity index is 159. The van der Waals surface area contributed by atoms with Gasteiger partial charge in [0.25, 0.3) is 0 Å². The zero-order valence-electron chi connectivity index (χ0n) is 4.50. The van der Waals surface area contributed by atoms with Gasteiger partial charge in [0.15, 0.2) is 0 Å². The lowest BCUT2D eigenvalue weighted by Gasteiger charge is -1.81. The van der Waals surface area contributed by atoms with Crippen LogP contribution in [0.25, 0.3) is 0 Å². The second-order valence-electron chi connectivity index (χ2n) is 1.42. The van der Waals surface area contributed by atoms with Crippen LogP contribution in [-0.2, 0) is 0 Å². The van der Waals surface area contributed by atoms with Gasteiger partial charge in [-0.1, -0.05) is 0 Å². The van der Waals surface area contributed by atoms with Crippen molar-refractivity contribution in [1.29, 1.82) is 0 Å². The van der Waals surface area contributed by atoms with E-state index in [0.717, 1.165) is 10.1 Å². The summed E-state index contributed by atoms with van der Waals surface area (Å²) in [6, 6.07) is 0. The number of rotatable bonds is 0. The summed E-state index contributed by atoms with van der Waals surface area (Å²) >= 11 is -0.00810. The van der Waals surface area contributed by atoms with E-state index in [1.807, 2.05) is 6.92 Å². The first-order chi connectivity index (χ1) is 3.89. The van der Waals surface area contributed by atoms with E-state index in [1.54, 1.807) is 6.34 Å². The number of nitrogens with zero attached hydrogens (tertiary/aromatic N) is 3. The maximum atomic E-state index is 4.03. The highest BCUT2D eigenvalue weighted by Crippen LogP contribution is 2.02. The summed E-state index contributed by atoms with van der Waals surface area (Å²) < 4.78 is 5.08. The zero-order chi connectivity index (χ0) is 5.82. The van der Waals surface area contributed by atoms with Crippen molar-refractivity contribution >= 4 is 33.1 Å². The molecule has 1 aliphatic heterocycles. The smallest absolute Gasteiger partial charge is 0.143 e. The minimum atomic E-state index is -0.00810. The fourth-order valence-electron chi connectivity index (χ4n) is 0.322. The van der Waals surface area contributed by atoms with Crippen molar-refractivity contribution in [2.45, 2.75) is 6.92 Å². The normalized spacial score (nSPS) is 18.9. The molecule has 1 heterocycles. The van der Waals surface area contributed by atoms with E-state index in [2.05, 4.69) is 13.3 Å². The molecule has 0 aliphatic carbocycles. The first kappa shape index (κ1) is 6.00. The number of hydrogen-bond acceptors (Lipinski definition) is 3. The lowest BCUT2D eigenvalue weighted by Crippen LogP contribution is -1.88.